The highest BCUT2D eigenvalue weighted by molar-refractivity contribution is 5.79. The van der Waals surface area contributed by atoms with Gasteiger partial charge in [0.2, 0.25) is 5.91 Å². The predicted octanol–water partition coefficient (Wildman–Crippen LogP) is 1.88. The topological polar surface area (TPSA) is 52.6 Å². The van der Waals surface area contributed by atoms with Gasteiger partial charge in [-0.3, -0.25) is 4.79 Å². The lowest BCUT2D eigenvalue weighted by Crippen LogP contribution is -2.43. The molecule has 0 spiro atoms. The quantitative estimate of drug-likeness (QED) is 0.881. The van der Waals surface area contributed by atoms with Gasteiger partial charge in [0.05, 0.1) is 5.92 Å². The molecule has 2 N–H and O–H groups in total. The minimum Gasteiger partial charge on any atom is -0.508 e. The monoisotopic (exact) mass is 274 g/mol. The largest absolute Gasteiger partial charge is 0.508 e. The van der Waals surface area contributed by atoms with Crippen LogP contribution in [-0.4, -0.2) is 35.0 Å². The molecule has 1 saturated heterocycles. The van der Waals surface area contributed by atoms with Crippen LogP contribution in [0.3, 0.4) is 0 Å². The molecule has 1 aromatic carbocycles. The molecule has 1 amide bonds. The van der Waals surface area contributed by atoms with Crippen molar-refractivity contribution in [3.05, 3.63) is 29.8 Å². The summed E-state index contributed by atoms with van der Waals surface area (Å²) in [5.74, 6) is 0.676. The first-order valence-corrected chi connectivity index (χ1v) is 7.53. The van der Waals surface area contributed by atoms with Gasteiger partial charge in [0.25, 0.3) is 0 Å². The van der Waals surface area contributed by atoms with Crippen LogP contribution in [-0.2, 0) is 11.3 Å². The lowest BCUT2D eigenvalue weighted by Gasteiger charge is -2.30. The highest BCUT2D eigenvalue weighted by atomic mass is 16.3. The summed E-state index contributed by atoms with van der Waals surface area (Å²) < 4.78 is 0. The molecule has 1 aromatic rings. The van der Waals surface area contributed by atoms with E-state index in [-0.39, 0.29) is 17.6 Å². The van der Waals surface area contributed by atoms with E-state index in [9.17, 15) is 9.90 Å². The summed E-state index contributed by atoms with van der Waals surface area (Å²) in [5.41, 5.74) is 1.01. The maximum absolute atomic E-state index is 12.7. The summed E-state index contributed by atoms with van der Waals surface area (Å²) >= 11 is 0. The van der Waals surface area contributed by atoms with Crippen LogP contribution in [0.1, 0.15) is 31.2 Å². The van der Waals surface area contributed by atoms with Crippen LogP contribution in [0.5, 0.6) is 5.75 Å². The summed E-state index contributed by atoms with van der Waals surface area (Å²) in [4.78, 5) is 14.7. The highest BCUT2D eigenvalue weighted by Crippen LogP contribution is 2.31. The van der Waals surface area contributed by atoms with Crippen LogP contribution < -0.4 is 5.32 Å². The van der Waals surface area contributed by atoms with E-state index in [2.05, 4.69) is 5.32 Å². The van der Waals surface area contributed by atoms with E-state index in [1.165, 1.54) is 0 Å². The number of rotatable bonds is 4. The van der Waals surface area contributed by atoms with Crippen LogP contribution in [0.2, 0.25) is 0 Å². The van der Waals surface area contributed by atoms with E-state index < -0.39 is 0 Å². The number of carbonyl (C=O) groups is 1. The summed E-state index contributed by atoms with van der Waals surface area (Å²) in [7, 11) is 0. The second kappa shape index (κ2) is 5.83. The van der Waals surface area contributed by atoms with Gasteiger partial charge in [-0.15, -0.1) is 0 Å². The Labute approximate surface area is 119 Å². The fourth-order valence-electron chi connectivity index (χ4n) is 2.92. The second-order valence-corrected chi connectivity index (χ2v) is 5.91. The van der Waals surface area contributed by atoms with E-state index in [1.54, 1.807) is 12.1 Å². The molecular weight excluding hydrogens is 252 g/mol. The Morgan fingerprint density at radius 1 is 1.35 bits per heavy atom. The van der Waals surface area contributed by atoms with Crippen molar-refractivity contribution in [1.82, 2.24) is 10.2 Å². The normalized spacial score (nSPS) is 22.5. The Morgan fingerprint density at radius 3 is 2.85 bits per heavy atom. The van der Waals surface area contributed by atoms with Crippen molar-refractivity contribution in [2.45, 2.75) is 38.3 Å². The third-order valence-corrected chi connectivity index (χ3v) is 4.18. The van der Waals surface area contributed by atoms with Crippen molar-refractivity contribution in [2.24, 2.45) is 5.92 Å². The number of aromatic hydroxyl groups is 1. The van der Waals surface area contributed by atoms with Gasteiger partial charge in [-0.1, -0.05) is 12.1 Å². The van der Waals surface area contributed by atoms with Gasteiger partial charge < -0.3 is 15.3 Å². The lowest BCUT2D eigenvalue weighted by molar-refractivity contribution is -0.137. The zero-order valence-electron chi connectivity index (χ0n) is 11.7. The van der Waals surface area contributed by atoms with Crippen molar-refractivity contribution in [1.29, 1.82) is 0 Å². The average Bonchev–Trinajstić information content (AvgIpc) is 3.30. The number of benzene rings is 1. The zero-order valence-corrected chi connectivity index (χ0v) is 11.7. The first-order chi connectivity index (χ1) is 9.74. The Balaban J connectivity index is 1.70. The fourth-order valence-corrected chi connectivity index (χ4v) is 2.92. The second-order valence-electron chi connectivity index (χ2n) is 5.91. The fraction of sp³-hybridized carbons (Fsp3) is 0.562. The van der Waals surface area contributed by atoms with Gasteiger partial charge in [0, 0.05) is 19.1 Å². The van der Waals surface area contributed by atoms with E-state index >= 15 is 0 Å². The number of nitrogens with zero attached hydrogens (tertiary/aromatic N) is 1. The van der Waals surface area contributed by atoms with Crippen LogP contribution in [0.15, 0.2) is 24.3 Å². The van der Waals surface area contributed by atoms with Crippen LogP contribution >= 0.6 is 0 Å². The molecule has 4 heteroatoms. The van der Waals surface area contributed by atoms with E-state index in [0.29, 0.717) is 12.6 Å². The summed E-state index contributed by atoms with van der Waals surface area (Å²) in [5, 5.41) is 12.9. The van der Waals surface area contributed by atoms with Crippen molar-refractivity contribution >= 4 is 5.91 Å². The highest BCUT2D eigenvalue weighted by Gasteiger charge is 2.36. The lowest BCUT2D eigenvalue weighted by atomic mass is 9.97. The van der Waals surface area contributed by atoms with Crippen LogP contribution in [0.25, 0.3) is 0 Å². The molecule has 0 aromatic heterocycles. The average molecular weight is 274 g/mol. The minimum atomic E-state index is 0.127. The van der Waals surface area contributed by atoms with Gasteiger partial charge >= 0.3 is 0 Å². The third kappa shape index (κ3) is 3.12. The molecule has 20 heavy (non-hydrogen) atoms. The van der Waals surface area contributed by atoms with Gasteiger partial charge in [-0.25, -0.2) is 0 Å². The molecule has 1 atom stereocenters. The molecule has 0 radical (unpaired) electrons. The molecule has 1 unspecified atom stereocenters. The van der Waals surface area contributed by atoms with Crippen molar-refractivity contribution in [2.75, 3.05) is 13.1 Å². The molecule has 4 nitrogen and oxygen atoms in total. The number of carbonyl (C=O) groups excluding carboxylic acids is 1. The van der Waals surface area contributed by atoms with Crippen molar-refractivity contribution in [3.63, 3.8) is 0 Å². The Hall–Kier alpha value is -1.55. The van der Waals surface area contributed by atoms with Gasteiger partial charge in [-0.05, 0) is 49.9 Å². The molecule has 1 aliphatic heterocycles. The van der Waals surface area contributed by atoms with Gasteiger partial charge in [0.15, 0.2) is 0 Å². The summed E-state index contributed by atoms with van der Waals surface area (Å²) in [6.07, 6.45) is 4.31. The van der Waals surface area contributed by atoms with Crippen molar-refractivity contribution in [3.8, 4) is 5.75 Å². The molecule has 1 saturated carbocycles. The molecule has 3 rings (SSSR count). The van der Waals surface area contributed by atoms with Crippen molar-refractivity contribution < 1.29 is 9.90 Å². The number of piperidine rings is 1. The molecule has 108 valence electrons. The minimum absolute atomic E-state index is 0.127. The number of hydrogen-bond acceptors (Lipinski definition) is 3. The summed E-state index contributed by atoms with van der Waals surface area (Å²) in [6, 6.07) is 7.63. The third-order valence-electron chi connectivity index (χ3n) is 4.18. The molecule has 2 aliphatic rings. The summed E-state index contributed by atoms with van der Waals surface area (Å²) in [6.45, 7) is 2.45. The smallest absolute Gasteiger partial charge is 0.227 e. The molecule has 0 bridgehead atoms. The molecular formula is C16H22N2O2. The maximum Gasteiger partial charge on any atom is 0.227 e. The number of phenols is 1. The number of hydrogen-bond donors (Lipinski definition) is 2. The molecule has 1 heterocycles. The molecule has 2 fully saturated rings. The zero-order chi connectivity index (χ0) is 13.9. The number of nitrogens with one attached hydrogen (secondary N) is 1. The predicted molar refractivity (Wildman–Crippen MR) is 77.3 cm³/mol. The van der Waals surface area contributed by atoms with E-state index in [4.69, 9.17) is 0 Å². The number of phenolic OH excluding ortho intramolecular Hbond substituents is 1. The first-order valence-electron chi connectivity index (χ1n) is 7.53. The van der Waals surface area contributed by atoms with Crippen LogP contribution in [0, 0.1) is 5.92 Å². The Kier molecular flexibility index (Phi) is 3.92. The standard InChI is InChI=1S/C16H22N2O2/c19-15-5-1-3-12(9-15)11-18(14-6-7-14)16(20)13-4-2-8-17-10-13/h1,3,5,9,13-14,17,19H,2,4,6-8,10-11H2. The SMILES string of the molecule is O=C(C1CCCNC1)N(Cc1cccc(O)c1)C1CC1. The number of amides is 1. The Bertz CT molecular complexity index is 479. The van der Waals surface area contributed by atoms with Gasteiger partial charge in [0.1, 0.15) is 5.75 Å². The van der Waals surface area contributed by atoms with E-state index in [1.807, 2.05) is 17.0 Å². The first kappa shape index (κ1) is 13.4. The van der Waals surface area contributed by atoms with Gasteiger partial charge in [-0.2, -0.15) is 0 Å². The van der Waals surface area contributed by atoms with Crippen LogP contribution in [0.4, 0.5) is 0 Å². The maximum atomic E-state index is 12.7. The Morgan fingerprint density at radius 2 is 2.20 bits per heavy atom. The van der Waals surface area contributed by atoms with E-state index in [0.717, 1.165) is 44.3 Å². The molecule has 1 aliphatic carbocycles.